The van der Waals surface area contributed by atoms with E-state index in [4.69, 9.17) is 9.47 Å². The molecule has 0 saturated carbocycles. The Labute approximate surface area is 293 Å². The maximum Gasteiger partial charge on any atom is 0.342 e. The molecule has 0 aromatic heterocycles. The van der Waals surface area contributed by atoms with E-state index in [1.54, 1.807) is 0 Å². The van der Waals surface area contributed by atoms with Gasteiger partial charge >= 0.3 is 59.7 Å². The number of cyclic esters (lactones) is 8. The lowest BCUT2D eigenvalue weighted by molar-refractivity contribution is -0.154. The molecule has 4 aliphatic heterocycles. The van der Waals surface area contributed by atoms with E-state index in [2.05, 4.69) is 24.3 Å². The predicted octanol–water partition coefficient (Wildman–Crippen LogP) is -0.315. The fourth-order valence-electron chi connectivity index (χ4n) is 4.55. The van der Waals surface area contributed by atoms with Gasteiger partial charge in [-0.1, -0.05) is 0 Å². The number of esters is 10. The molecule has 0 aromatic rings. The Hall–Kier alpha value is -6.40. The minimum atomic E-state index is -0.908. The number of nitrogens with one attached hydrogen (secondary N) is 1. The zero-order chi connectivity index (χ0) is 38.5. The van der Waals surface area contributed by atoms with Gasteiger partial charge in [0.2, 0.25) is 5.91 Å². The first-order valence-electron chi connectivity index (χ1n) is 15.5. The van der Waals surface area contributed by atoms with Gasteiger partial charge in [-0.05, 0) is 33.1 Å². The lowest BCUT2D eigenvalue weighted by Crippen LogP contribution is -2.25. The van der Waals surface area contributed by atoms with Crippen molar-refractivity contribution in [3.05, 3.63) is 45.6 Å². The summed E-state index contributed by atoms with van der Waals surface area (Å²) in [5.41, 5.74) is 0.658. The van der Waals surface area contributed by atoms with Crippen LogP contribution >= 0.6 is 0 Å². The van der Waals surface area contributed by atoms with Gasteiger partial charge in [-0.15, -0.1) is 0 Å². The predicted molar refractivity (Wildman–Crippen MR) is 163 cm³/mol. The van der Waals surface area contributed by atoms with Crippen LogP contribution in [-0.2, 0) is 86.0 Å². The lowest BCUT2D eigenvalue weighted by atomic mass is 10.0. The normalized spacial score (nSPS) is 16.5. The second-order valence-corrected chi connectivity index (χ2v) is 11.1. The minimum Gasteiger partial charge on any atom is -0.462 e. The summed E-state index contributed by atoms with van der Waals surface area (Å²) in [4.78, 5) is 136. The summed E-state index contributed by atoms with van der Waals surface area (Å²) >= 11 is 0. The summed E-state index contributed by atoms with van der Waals surface area (Å²) in [7, 11) is 0. The third-order valence-corrected chi connectivity index (χ3v) is 7.37. The monoisotopic (exact) mass is 729 g/mol. The van der Waals surface area contributed by atoms with Crippen molar-refractivity contribution in [3.63, 3.8) is 0 Å². The Morgan fingerprint density at radius 1 is 0.577 bits per heavy atom. The molecule has 0 aliphatic carbocycles. The molecule has 0 radical (unpaired) electrons. The van der Waals surface area contributed by atoms with E-state index in [0.29, 0.717) is 6.42 Å². The van der Waals surface area contributed by atoms with Gasteiger partial charge in [0.15, 0.2) is 0 Å². The van der Waals surface area contributed by atoms with Gasteiger partial charge in [-0.2, -0.15) is 0 Å². The summed E-state index contributed by atoms with van der Waals surface area (Å²) in [6, 6.07) is 0. The highest BCUT2D eigenvalue weighted by Crippen LogP contribution is 2.22. The fraction of sp³-hybridized carbons (Fsp3) is 0.394. The van der Waals surface area contributed by atoms with Crippen molar-refractivity contribution in [2.45, 2.75) is 65.2 Å². The highest BCUT2D eigenvalue weighted by molar-refractivity contribution is 6.13. The molecule has 1 amide bonds. The Morgan fingerprint density at radius 3 is 1.40 bits per heavy atom. The van der Waals surface area contributed by atoms with Gasteiger partial charge in [0.1, 0.15) is 19.0 Å². The van der Waals surface area contributed by atoms with E-state index in [1.165, 1.54) is 13.8 Å². The second kappa shape index (κ2) is 18.6. The summed E-state index contributed by atoms with van der Waals surface area (Å²) in [5, 5.41) is 2.64. The lowest BCUT2D eigenvalue weighted by Gasteiger charge is -2.06. The van der Waals surface area contributed by atoms with Crippen LogP contribution in [0.1, 0.15) is 65.2 Å². The first-order valence-corrected chi connectivity index (χ1v) is 15.5. The standard InChI is InChI=1S/C19H21NO8.C14H10O10/c1-10-13(18(25)27-16(10)23)6-5-12(21)4-3-9-20-15(22)8-7-14-11(2)17(24)28-19(14)26;15-9(3-7-5-11(17)23-13(7)19)21-1-2-22-10(16)4-8-6-12(18)24-14(8)20/h3-9H2,1-2H3,(H,20,22);5-6H,1-4H2. The second-order valence-electron chi connectivity index (χ2n) is 11.1. The molecule has 0 fully saturated rings. The average Bonchev–Trinajstić information content (AvgIpc) is 3.72. The molecular weight excluding hydrogens is 698 g/mol. The molecule has 4 heterocycles. The number of ether oxygens (including phenoxy) is 6. The Morgan fingerprint density at radius 2 is 1.02 bits per heavy atom. The van der Waals surface area contributed by atoms with Crippen molar-refractivity contribution in [2.75, 3.05) is 19.8 Å². The van der Waals surface area contributed by atoms with E-state index < -0.39 is 72.5 Å². The zero-order valence-electron chi connectivity index (χ0n) is 27.8. The van der Waals surface area contributed by atoms with Crippen molar-refractivity contribution < 1.29 is 86.0 Å². The smallest absolute Gasteiger partial charge is 0.342 e. The first-order chi connectivity index (χ1) is 24.5. The van der Waals surface area contributed by atoms with E-state index in [-0.39, 0.29) is 97.0 Å². The molecule has 0 saturated heterocycles. The molecule has 0 atom stereocenters. The van der Waals surface area contributed by atoms with Crippen LogP contribution in [0, 0.1) is 0 Å². The molecule has 19 heteroatoms. The van der Waals surface area contributed by atoms with E-state index >= 15 is 0 Å². The fourth-order valence-corrected chi connectivity index (χ4v) is 4.55. The quantitative estimate of drug-likeness (QED) is 0.0869. The Kier molecular flexibility index (Phi) is 14.3. The average molecular weight is 730 g/mol. The van der Waals surface area contributed by atoms with Crippen LogP contribution < -0.4 is 5.32 Å². The summed E-state index contributed by atoms with van der Waals surface area (Å²) in [5.74, 6) is -8.28. The molecule has 276 valence electrons. The van der Waals surface area contributed by atoms with Crippen LogP contribution in [0.15, 0.2) is 45.6 Å². The molecule has 4 aliphatic rings. The number of amides is 1. The van der Waals surface area contributed by atoms with E-state index in [1.807, 2.05) is 0 Å². The van der Waals surface area contributed by atoms with Crippen molar-refractivity contribution in [1.29, 1.82) is 0 Å². The summed E-state index contributed by atoms with van der Waals surface area (Å²) in [6.07, 6.45) is 1.96. The number of ketones is 1. The molecule has 19 nitrogen and oxygen atoms in total. The summed E-state index contributed by atoms with van der Waals surface area (Å²) in [6.45, 7) is 2.67. The largest absolute Gasteiger partial charge is 0.462 e. The Bertz CT molecular complexity index is 1640. The van der Waals surface area contributed by atoms with Gasteiger partial charge in [0, 0.05) is 60.3 Å². The van der Waals surface area contributed by atoms with Gasteiger partial charge in [-0.3, -0.25) is 19.2 Å². The summed E-state index contributed by atoms with van der Waals surface area (Å²) < 4.78 is 26.7. The van der Waals surface area contributed by atoms with Gasteiger partial charge < -0.3 is 33.7 Å². The van der Waals surface area contributed by atoms with Crippen LogP contribution in [0.3, 0.4) is 0 Å². The number of hydrogen-bond donors (Lipinski definition) is 1. The highest BCUT2D eigenvalue weighted by Gasteiger charge is 2.31. The maximum absolute atomic E-state index is 11.9. The van der Waals surface area contributed by atoms with Crippen molar-refractivity contribution in [1.82, 2.24) is 5.32 Å². The molecule has 0 bridgehead atoms. The molecule has 4 rings (SSSR count). The van der Waals surface area contributed by atoms with Gasteiger partial charge in [0.25, 0.3) is 0 Å². The molecular formula is C33H31NO18. The van der Waals surface area contributed by atoms with Crippen LogP contribution in [0.5, 0.6) is 0 Å². The number of Topliss-reactive ketones (excluding diaryl/α,β-unsaturated/α-hetero) is 1. The zero-order valence-corrected chi connectivity index (χ0v) is 27.8. The van der Waals surface area contributed by atoms with Crippen molar-refractivity contribution in [3.8, 4) is 0 Å². The first kappa shape index (κ1) is 40.0. The molecule has 0 aromatic carbocycles. The Balaban J connectivity index is 0.000000284. The topological polar surface area (TPSA) is 272 Å². The third kappa shape index (κ3) is 11.9. The number of carbonyl (C=O) groups excluding carboxylic acids is 12. The van der Waals surface area contributed by atoms with E-state index in [0.717, 1.165) is 12.2 Å². The van der Waals surface area contributed by atoms with Crippen LogP contribution in [0.25, 0.3) is 0 Å². The van der Waals surface area contributed by atoms with Crippen molar-refractivity contribution >= 4 is 71.4 Å². The number of carbonyl (C=O) groups is 12. The minimum absolute atomic E-state index is 0.0343. The van der Waals surface area contributed by atoms with Crippen LogP contribution in [0.4, 0.5) is 0 Å². The van der Waals surface area contributed by atoms with Gasteiger partial charge in [0.05, 0.1) is 24.0 Å². The van der Waals surface area contributed by atoms with E-state index in [9.17, 15) is 57.5 Å². The molecule has 0 spiro atoms. The SMILES string of the molecule is CC1=C(CCC(=O)CCCNC(=O)CCC2=C(C)C(=O)OC2=O)C(=O)OC1=O.O=C1C=C(CC(=O)OCCOC(=O)CC2=CC(=O)OC2=O)C(=O)O1. The molecule has 0 unspecified atom stereocenters. The van der Waals surface area contributed by atoms with Gasteiger partial charge in [-0.25, -0.2) is 38.4 Å². The molecule has 1 N–H and O–H groups in total. The highest BCUT2D eigenvalue weighted by atomic mass is 16.6. The van der Waals surface area contributed by atoms with Crippen molar-refractivity contribution in [2.24, 2.45) is 0 Å². The number of rotatable bonds is 17. The van der Waals surface area contributed by atoms with Crippen LogP contribution in [0.2, 0.25) is 0 Å². The molecule has 52 heavy (non-hydrogen) atoms. The maximum atomic E-state index is 11.9. The third-order valence-electron chi connectivity index (χ3n) is 7.37. The number of hydrogen-bond acceptors (Lipinski definition) is 18. The van der Waals surface area contributed by atoms with Crippen LogP contribution in [-0.4, -0.2) is 91.1 Å².